The molecule has 182 valence electrons. The average molecular weight is 482 g/mol. The van der Waals surface area contributed by atoms with E-state index in [9.17, 15) is 22.4 Å². The van der Waals surface area contributed by atoms with Crippen LogP contribution < -0.4 is 14.8 Å². The fourth-order valence-electron chi connectivity index (χ4n) is 3.33. The second kappa shape index (κ2) is 10.5. The highest BCUT2D eigenvalue weighted by Crippen LogP contribution is 2.35. The zero-order valence-electron chi connectivity index (χ0n) is 18.6. The predicted octanol–water partition coefficient (Wildman–Crippen LogP) is 5.01. The predicted molar refractivity (Wildman–Crippen MR) is 112 cm³/mol. The number of rotatable bonds is 5. The van der Waals surface area contributed by atoms with E-state index in [0.29, 0.717) is 30.7 Å². The van der Waals surface area contributed by atoms with E-state index >= 15 is 0 Å². The number of hydrogen-bond acceptors (Lipinski definition) is 7. The van der Waals surface area contributed by atoms with E-state index in [-0.39, 0.29) is 22.9 Å². The molecule has 1 aliphatic carbocycles. The summed E-state index contributed by atoms with van der Waals surface area (Å²) in [7, 11) is 1.39. The molecule has 8 nitrogen and oxygen atoms in total. The third kappa shape index (κ3) is 5.80. The van der Waals surface area contributed by atoms with Crippen LogP contribution in [0.5, 0.6) is 11.8 Å². The molecule has 1 N–H and O–H groups in total. The summed E-state index contributed by atoms with van der Waals surface area (Å²) in [6, 6.07) is 2.89. The Labute approximate surface area is 192 Å². The second-order valence-electron chi connectivity index (χ2n) is 6.89. The van der Waals surface area contributed by atoms with Crippen molar-refractivity contribution < 1.29 is 36.2 Å². The third-order valence-corrected chi connectivity index (χ3v) is 4.74. The number of hydrogen-bond donors (Lipinski definition) is 1. The summed E-state index contributed by atoms with van der Waals surface area (Å²) in [4.78, 5) is 24.2. The van der Waals surface area contributed by atoms with Gasteiger partial charge < -0.3 is 19.2 Å². The molecule has 1 aliphatic rings. The summed E-state index contributed by atoms with van der Waals surface area (Å²) in [6.45, 7) is 4.00. The molecule has 4 rings (SSSR count). The van der Waals surface area contributed by atoms with Crippen LogP contribution in [0.15, 0.2) is 35.0 Å². The van der Waals surface area contributed by atoms with E-state index < -0.39 is 30.0 Å². The number of alkyl halides is 3. The van der Waals surface area contributed by atoms with Crippen molar-refractivity contribution in [1.82, 2.24) is 20.3 Å². The molecule has 12 heteroatoms. The van der Waals surface area contributed by atoms with Crippen molar-refractivity contribution in [1.29, 1.82) is 0 Å². The quantitative estimate of drug-likeness (QED) is 0.510. The minimum Gasteiger partial charge on any atom is -0.481 e. The zero-order valence-corrected chi connectivity index (χ0v) is 18.6. The fraction of sp³-hybridized carbons (Fsp3) is 0.364. The highest BCUT2D eigenvalue weighted by Gasteiger charge is 2.33. The number of nitrogens with one attached hydrogen (secondary N) is 1. The van der Waals surface area contributed by atoms with E-state index in [1.54, 1.807) is 0 Å². The lowest BCUT2D eigenvalue weighted by Crippen LogP contribution is -2.30. The van der Waals surface area contributed by atoms with Crippen LogP contribution in [0.4, 0.5) is 17.6 Å². The lowest BCUT2D eigenvalue weighted by atomic mass is 9.97. The van der Waals surface area contributed by atoms with E-state index in [1.807, 2.05) is 13.8 Å². The molecular formula is C22H22F4N4O4. The summed E-state index contributed by atoms with van der Waals surface area (Å²) >= 11 is 0. The Morgan fingerprint density at radius 2 is 1.97 bits per heavy atom. The maximum Gasteiger partial charge on any atom is 0.574 e. The highest BCUT2D eigenvalue weighted by atomic mass is 19.4. The van der Waals surface area contributed by atoms with Gasteiger partial charge in [-0.2, -0.15) is 0 Å². The number of amides is 1. The van der Waals surface area contributed by atoms with Crippen molar-refractivity contribution in [3.05, 3.63) is 53.4 Å². The van der Waals surface area contributed by atoms with Gasteiger partial charge in [0.15, 0.2) is 5.82 Å². The van der Waals surface area contributed by atoms with Crippen LogP contribution in [0.2, 0.25) is 0 Å². The van der Waals surface area contributed by atoms with Crippen molar-refractivity contribution in [3.8, 4) is 23.2 Å². The number of ether oxygens (including phenoxy) is 2. The first-order chi connectivity index (χ1) is 16.2. The van der Waals surface area contributed by atoms with Crippen molar-refractivity contribution in [2.45, 2.75) is 45.5 Å². The highest BCUT2D eigenvalue weighted by molar-refractivity contribution is 5.94. The fourth-order valence-corrected chi connectivity index (χ4v) is 3.33. The maximum absolute atomic E-state index is 14.3. The first-order valence-corrected chi connectivity index (χ1v) is 10.5. The number of methoxy groups -OCH3 is 1. The number of carbonyl (C=O) groups excluding carboxylic acids is 1. The Bertz CT molecular complexity index is 1150. The molecule has 0 saturated carbocycles. The number of pyridine rings is 2. The number of aryl methyl sites for hydroxylation is 1. The molecule has 3 heterocycles. The largest absolute Gasteiger partial charge is 0.574 e. The van der Waals surface area contributed by atoms with Gasteiger partial charge in [-0.3, -0.25) is 4.79 Å². The van der Waals surface area contributed by atoms with Gasteiger partial charge in [0.2, 0.25) is 17.7 Å². The lowest BCUT2D eigenvalue weighted by Gasteiger charge is -2.21. The smallest absolute Gasteiger partial charge is 0.481 e. The van der Waals surface area contributed by atoms with Gasteiger partial charge in [0.25, 0.3) is 5.91 Å². The van der Waals surface area contributed by atoms with Crippen molar-refractivity contribution in [3.63, 3.8) is 0 Å². The Balaban J connectivity index is 0.00000158. The molecule has 3 aromatic heterocycles. The number of halogens is 4. The molecule has 0 bridgehead atoms. The van der Waals surface area contributed by atoms with Gasteiger partial charge in [0.1, 0.15) is 5.76 Å². The number of carbonyl (C=O) groups is 1. The molecule has 0 fully saturated rings. The monoisotopic (exact) mass is 482 g/mol. The number of aromatic nitrogens is 3. The molecule has 0 aliphatic heterocycles. The molecule has 0 saturated heterocycles. The Morgan fingerprint density at radius 1 is 1.21 bits per heavy atom. The Morgan fingerprint density at radius 3 is 2.68 bits per heavy atom. The van der Waals surface area contributed by atoms with Crippen LogP contribution in [0.3, 0.4) is 0 Å². The van der Waals surface area contributed by atoms with Crippen LogP contribution in [-0.2, 0) is 6.42 Å². The number of nitrogens with zero attached hydrogens (tertiary/aromatic N) is 3. The second-order valence-corrected chi connectivity index (χ2v) is 6.89. The standard InChI is InChI=1S/C20H16F4N4O4.C2H6/c1-30-15-8-11(12(21)9-26-15)19-28-14-4-2-3-13(17(14)31-19)27-18(29)10-5-6-25-16(7-10)32-20(22,23)24;1-2/h5-9,13H,2-4H2,1H3,(H,27,29);1-2H3. The molecule has 0 radical (unpaired) electrons. The van der Waals surface area contributed by atoms with Crippen molar-refractivity contribution in [2.24, 2.45) is 0 Å². The van der Waals surface area contributed by atoms with E-state index in [1.165, 1.54) is 19.2 Å². The van der Waals surface area contributed by atoms with Crippen LogP contribution in [0, 0.1) is 5.82 Å². The van der Waals surface area contributed by atoms with Gasteiger partial charge in [-0.05, 0) is 25.3 Å². The molecular weight excluding hydrogens is 460 g/mol. The minimum absolute atomic E-state index is 0.0131. The van der Waals surface area contributed by atoms with Crippen molar-refractivity contribution in [2.75, 3.05) is 7.11 Å². The van der Waals surface area contributed by atoms with Gasteiger partial charge in [-0.25, -0.2) is 19.3 Å². The Hall–Kier alpha value is -3.70. The van der Waals surface area contributed by atoms with Gasteiger partial charge in [-0.15, -0.1) is 13.2 Å². The summed E-state index contributed by atoms with van der Waals surface area (Å²) in [5, 5.41) is 2.72. The summed E-state index contributed by atoms with van der Waals surface area (Å²) in [5.41, 5.74) is 0.540. The van der Waals surface area contributed by atoms with Gasteiger partial charge >= 0.3 is 6.36 Å². The maximum atomic E-state index is 14.3. The van der Waals surface area contributed by atoms with Crippen LogP contribution >= 0.6 is 0 Å². The first-order valence-electron chi connectivity index (χ1n) is 10.5. The summed E-state index contributed by atoms with van der Waals surface area (Å²) < 4.78 is 66.0. The molecule has 34 heavy (non-hydrogen) atoms. The molecule has 1 amide bonds. The van der Waals surface area contributed by atoms with E-state index in [2.05, 4.69) is 25.0 Å². The average Bonchev–Trinajstić information content (AvgIpc) is 3.25. The van der Waals surface area contributed by atoms with Crippen LogP contribution in [0.1, 0.15) is 54.5 Å². The Kier molecular flexibility index (Phi) is 7.69. The normalized spacial score (nSPS) is 15.0. The number of oxazole rings is 1. The van der Waals surface area contributed by atoms with Gasteiger partial charge in [0.05, 0.1) is 30.6 Å². The van der Waals surface area contributed by atoms with Gasteiger partial charge in [0, 0.05) is 23.9 Å². The topological polar surface area (TPSA) is 99.4 Å². The molecule has 1 atom stereocenters. The third-order valence-electron chi connectivity index (χ3n) is 4.74. The summed E-state index contributed by atoms with van der Waals surface area (Å²) in [6.07, 6.45) is -1.16. The molecule has 3 aromatic rings. The van der Waals surface area contributed by atoms with Crippen molar-refractivity contribution >= 4 is 5.91 Å². The van der Waals surface area contributed by atoms with Crippen LogP contribution in [0.25, 0.3) is 11.5 Å². The lowest BCUT2D eigenvalue weighted by molar-refractivity contribution is -0.276. The first kappa shape index (κ1) is 24.9. The minimum atomic E-state index is -4.93. The number of fused-ring (bicyclic) bond motifs is 1. The van der Waals surface area contributed by atoms with E-state index in [0.717, 1.165) is 18.5 Å². The molecule has 1 unspecified atom stereocenters. The van der Waals surface area contributed by atoms with Crippen LogP contribution in [-0.4, -0.2) is 34.3 Å². The summed E-state index contributed by atoms with van der Waals surface area (Å²) in [5.74, 6) is -1.50. The molecule has 0 aromatic carbocycles. The van der Waals surface area contributed by atoms with Gasteiger partial charge in [-0.1, -0.05) is 13.8 Å². The molecule has 0 spiro atoms. The van der Waals surface area contributed by atoms with E-state index in [4.69, 9.17) is 9.15 Å². The zero-order chi connectivity index (χ0) is 24.9. The SMILES string of the molecule is CC.COc1cc(-c2nc3c(o2)C(NC(=O)c2ccnc(OC(F)(F)F)c2)CCC3)c(F)cn1.